The highest BCUT2D eigenvalue weighted by Crippen LogP contribution is 2.34. The second kappa shape index (κ2) is 8.30. The van der Waals surface area contributed by atoms with Crippen molar-refractivity contribution in [3.63, 3.8) is 0 Å². The average Bonchev–Trinajstić information content (AvgIpc) is 3.41. The van der Waals surface area contributed by atoms with Crippen LogP contribution in [0, 0.1) is 12.8 Å². The number of aliphatic hydroxyl groups is 1. The third kappa shape index (κ3) is 4.87. The van der Waals surface area contributed by atoms with E-state index in [-0.39, 0.29) is 18.9 Å². The molecule has 2 N–H and O–H groups in total. The number of ketones is 1. The smallest absolute Gasteiger partial charge is 0.390 e. The number of imidazole rings is 1. The second-order valence-corrected chi connectivity index (χ2v) is 7.98. The van der Waals surface area contributed by atoms with Crippen LogP contribution in [0.5, 0.6) is 0 Å². The molecule has 2 heterocycles. The highest BCUT2D eigenvalue weighted by Gasteiger charge is 2.27. The molecule has 0 spiro atoms. The molecular formula is C22H23F3N4O2. The Hall–Kier alpha value is -2.94. The molecular weight excluding hydrogens is 409 g/mol. The van der Waals surface area contributed by atoms with Crippen LogP contribution in [0.1, 0.15) is 47.3 Å². The van der Waals surface area contributed by atoms with Gasteiger partial charge in [-0.3, -0.25) is 4.79 Å². The number of Topliss-reactive ketones (excluding diaryl/α,β-unsaturated/α-hetero) is 1. The summed E-state index contributed by atoms with van der Waals surface area (Å²) in [6.45, 7) is 1.20. The number of hydrogen-bond donors (Lipinski definition) is 2. The summed E-state index contributed by atoms with van der Waals surface area (Å²) in [6, 6.07) is 6.99. The van der Waals surface area contributed by atoms with Crippen molar-refractivity contribution in [1.82, 2.24) is 14.6 Å². The Labute approximate surface area is 177 Å². The molecule has 6 nitrogen and oxygen atoms in total. The van der Waals surface area contributed by atoms with E-state index in [1.165, 1.54) is 10.6 Å². The molecule has 1 saturated carbocycles. The summed E-state index contributed by atoms with van der Waals surface area (Å²) in [5.74, 6) is 0.649. The lowest BCUT2D eigenvalue weighted by Crippen LogP contribution is -2.15. The minimum absolute atomic E-state index is 0.140. The first-order valence-electron chi connectivity index (χ1n) is 10.2. The number of alkyl halides is 3. The van der Waals surface area contributed by atoms with E-state index in [4.69, 9.17) is 0 Å². The van der Waals surface area contributed by atoms with E-state index in [9.17, 15) is 23.1 Å². The van der Waals surface area contributed by atoms with Gasteiger partial charge in [-0.05, 0) is 43.4 Å². The van der Waals surface area contributed by atoms with E-state index in [2.05, 4.69) is 15.4 Å². The molecule has 0 aliphatic heterocycles. The molecule has 1 fully saturated rings. The van der Waals surface area contributed by atoms with Crippen LogP contribution >= 0.6 is 0 Å². The maximum atomic E-state index is 12.5. The summed E-state index contributed by atoms with van der Waals surface area (Å²) in [4.78, 5) is 16.8. The van der Waals surface area contributed by atoms with Crippen LogP contribution in [0.4, 0.5) is 18.9 Å². The van der Waals surface area contributed by atoms with Crippen LogP contribution in [0.3, 0.4) is 0 Å². The SMILES string of the molecule is Cc1cc(-c2cnc3c(NCCC(F)(F)F)cc(CO)nn23)ccc1C(=O)CC1CC1. The number of carbonyl (C=O) groups excluding carboxylic acids is 1. The van der Waals surface area contributed by atoms with Crippen molar-refractivity contribution in [2.75, 3.05) is 11.9 Å². The standard InChI is InChI=1S/C22H23F3N4O2/c1-13-8-15(4-5-17(13)20(31)9-14-2-3-14)19-11-27-21-18(26-7-6-22(23,24)25)10-16(12-30)28-29(19)21/h4-5,8,10-11,14,26,30H,2-3,6-7,9,12H2,1H3. The average molecular weight is 432 g/mol. The quantitative estimate of drug-likeness (QED) is 0.511. The molecule has 0 bridgehead atoms. The number of anilines is 1. The van der Waals surface area contributed by atoms with Crippen molar-refractivity contribution < 1.29 is 23.1 Å². The van der Waals surface area contributed by atoms with Crippen LogP contribution in [-0.2, 0) is 6.61 Å². The molecule has 3 aromatic rings. The van der Waals surface area contributed by atoms with E-state index < -0.39 is 12.6 Å². The Morgan fingerprint density at radius 3 is 2.71 bits per heavy atom. The molecule has 0 atom stereocenters. The van der Waals surface area contributed by atoms with E-state index in [1.54, 1.807) is 12.3 Å². The molecule has 1 aromatic carbocycles. The monoisotopic (exact) mass is 432 g/mol. The number of carbonyl (C=O) groups is 1. The molecule has 4 rings (SSSR count). The lowest BCUT2D eigenvalue weighted by Gasteiger charge is -2.12. The minimum atomic E-state index is -4.27. The first-order chi connectivity index (χ1) is 14.7. The fourth-order valence-electron chi connectivity index (χ4n) is 3.59. The van der Waals surface area contributed by atoms with Crippen molar-refractivity contribution in [2.45, 2.75) is 45.4 Å². The number of halogens is 3. The van der Waals surface area contributed by atoms with Gasteiger partial charge in [-0.2, -0.15) is 18.3 Å². The zero-order valence-electron chi connectivity index (χ0n) is 17.0. The van der Waals surface area contributed by atoms with Crippen molar-refractivity contribution >= 4 is 17.1 Å². The number of aromatic nitrogens is 3. The molecule has 164 valence electrons. The van der Waals surface area contributed by atoms with Gasteiger partial charge in [0.15, 0.2) is 11.4 Å². The fourth-order valence-corrected chi connectivity index (χ4v) is 3.59. The van der Waals surface area contributed by atoms with Crippen LogP contribution in [0.15, 0.2) is 30.5 Å². The predicted octanol–water partition coefficient (Wildman–Crippen LogP) is 4.54. The van der Waals surface area contributed by atoms with Gasteiger partial charge in [-0.25, -0.2) is 9.50 Å². The molecule has 31 heavy (non-hydrogen) atoms. The van der Waals surface area contributed by atoms with Crippen molar-refractivity contribution in [3.8, 4) is 11.3 Å². The number of nitrogens with one attached hydrogen (secondary N) is 1. The van der Waals surface area contributed by atoms with Crippen molar-refractivity contribution in [1.29, 1.82) is 0 Å². The Balaban J connectivity index is 1.65. The number of benzene rings is 1. The maximum Gasteiger partial charge on any atom is 0.390 e. The zero-order valence-corrected chi connectivity index (χ0v) is 17.0. The Morgan fingerprint density at radius 2 is 2.06 bits per heavy atom. The first-order valence-corrected chi connectivity index (χ1v) is 10.2. The molecule has 0 radical (unpaired) electrons. The molecule has 0 unspecified atom stereocenters. The summed E-state index contributed by atoms with van der Waals surface area (Å²) in [6.07, 6.45) is -0.874. The van der Waals surface area contributed by atoms with Crippen molar-refractivity contribution in [2.24, 2.45) is 5.92 Å². The normalized spacial score (nSPS) is 14.2. The Bertz CT molecular complexity index is 1120. The highest BCUT2D eigenvalue weighted by atomic mass is 19.4. The number of fused-ring (bicyclic) bond motifs is 1. The Kier molecular flexibility index (Phi) is 5.70. The second-order valence-electron chi connectivity index (χ2n) is 7.98. The van der Waals surface area contributed by atoms with Crippen LogP contribution in [0.25, 0.3) is 16.9 Å². The molecule has 2 aromatic heterocycles. The first kappa shape index (κ1) is 21.3. The number of nitrogens with zero attached hydrogens (tertiary/aromatic N) is 3. The summed E-state index contributed by atoms with van der Waals surface area (Å²) in [7, 11) is 0. The van der Waals surface area contributed by atoms with E-state index in [0.717, 1.165) is 24.0 Å². The lowest BCUT2D eigenvalue weighted by molar-refractivity contribution is -0.131. The Morgan fingerprint density at radius 1 is 1.29 bits per heavy atom. The van der Waals surface area contributed by atoms with Crippen molar-refractivity contribution in [3.05, 3.63) is 47.3 Å². The minimum Gasteiger partial charge on any atom is -0.390 e. The van der Waals surface area contributed by atoms with Crippen LogP contribution in [0.2, 0.25) is 0 Å². The summed E-state index contributed by atoms with van der Waals surface area (Å²) in [5, 5.41) is 16.7. The number of aryl methyl sites for hydroxylation is 1. The predicted molar refractivity (Wildman–Crippen MR) is 110 cm³/mol. The zero-order chi connectivity index (χ0) is 22.2. The van der Waals surface area contributed by atoms with Gasteiger partial charge in [0.2, 0.25) is 0 Å². The summed E-state index contributed by atoms with van der Waals surface area (Å²) < 4.78 is 39.0. The van der Waals surface area contributed by atoms with Gasteiger partial charge in [0, 0.05) is 24.1 Å². The third-order valence-electron chi connectivity index (χ3n) is 5.40. The molecule has 9 heteroatoms. The third-order valence-corrected chi connectivity index (χ3v) is 5.40. The molecule has 0 saturated heterocycles. The number of rotatable bonds is 8. The summed E-state index contributed by atoms with van der Waals surface area (Å²) in [5.41, 5.74) is 3.96. The van der Waals surface area contributed by atoms with Gasteiger partial charge in [-0.1, -0.05) is 12.1 Å². The van der Waals surface area contributed by atoms with Gasteiger partial charge < -0.3 is 10.4 Å². The van der Waals surface area contributed by atoms with E-state index >= 15 is 0 Å². The van der Waals surface area contributed by atoms with E-state index in [0.29, 0.717) is 40.6 Å². The maximum absolute atomic E-state index is 12.5. The highest BCUT2D eigenvalue weighted by molar-refractivity contribution is 5.98. The van der Waals surface area contributed by atoms with Gasteiger partial charge >= 0.3 is 6.18 Å². The molecule has 0 amide bonds. The van der Waals surface area contributed by atoms with Gasteiger partial charge in [0.1, 0.15) is 0 Å². The summed E-state index contributed by atoms with van der Waals surface area (Å²) >= 11 is 0. The van der Waals surface area contributed by atoms with Crippen LogP contribution < -0.4 is 5.32 Å². The fraction of sp³-hybridized carbons (Fsp3) is 0.409. The van der Waals surface area contributed by atoms with Crippen LogP contribution in [-0.4, -0.2) is 38.2 Å². The largest absolute Gasteiger partial charge is 0.390 e. The molecule has 1 aliphatic carbocycles. The number of aliphatic hydroxyl groups excluding tert-OH is 1. The number of hydrogen-bond acceptors (Lipinski definition) is 5. The lowest BCUT2D eigenvalue weighted by atomic mass is 9.98. The van der Waals surface area contributed by atoms with E-state index in [1.807, 2.05) is 19.1 Å². The van der Waals surface area contributed by atoms with Gasteiger partial charge in [0.25, 0.3) is 0 Å². The topological polar surface area (TPSA) is 79.5 Å². The van der Waals surface area contributed by atoms with Gasteiger partial charge in [-0.15, -0.1) is 0 Å². The van der Waals surface area contributed by atoms with Gasteiger partial charge in [0.05, 0.1) is 36.3 Å². The molecule has 1 aliphatic rings.